The summed E-state index contributed by atoms with van der Waals surface area (Å²) in [6, 6.07) is 0. The summed E-state index contributed by atoms with van der Waals surface area (Å²) < 4.78 is 13.4. The van der Waals surface area contributed by atoms with E-state index in [9.17, 15) is 9.59 Å². The minimum atomic E-state index is -0.359. The Balaban J connectivity index is 0. The fourth-order valence-electron chi connectivity index (χ4n) is 0.522. The van der Waals surface area contributed by atoms with Crippen LogP contribution in [0.5, 0.6) is 0 Å². The maximum atomic E-state index is 10.3. The lowest BCUT2D eigenvalue weighted by Gasteiger charge is -1.97. The molecule has 0 aromatic rings. The zero-order valence-corrected chi connectivity index (χ0v) is 9.45. The van der Waals surface area contributed by atoms with Crippen LogP contribution in [-0.2, 0) is 23.8 Å². The third-order valence-electron chi connectivity index (χ3n) is 1.02. The van der Waals surface area contributed by atoms with E-state index in [-0.39, 0.29) is 18.5 Å². The molecule has 0 amide bonds. The highest BCUT2D eigenvalue weighted by atomic mass is 16.6. The van der Waals surface area contributed by atoms with Crippen LogP contribution >= 0.6 is 0 Å². The van der Waals surface area contributed by atoms with E-state index in [0.717, 1.165) is 6.08 Å². The molecule has 0 aromatic heterocycles. The first kappa shape index (κ1) is 16.1. The van der Waals surface area contributed by atoms with Gasteiger partial charge in [0.05, 0.1) is 13.2 Å². The summed E-state index contributed by atoms with van der Waals surface area (Å²) in [5.74, 6) is -0.669. The second-order valence-electron chi connectivity index (χ2n) is 2.19. The first-order chi connectivity index (χ1) is 7.12. The Morgan fingerprint density at radius 3 is 2.00 bits per heavy atom. The molecule has 0 aliphatic rings. The minimum Gasteiger partial charge on any atom is -0.464 e. The van der Waals surface area contributed by atoms with Crippen molar-refractivity contribution in [2.75, 3.05) is 26.9 Å². The SMILES string of the molecule is C=CC(=O)OCC.CCOC(=O)COC. The molecular weight excluding hydrogens is 200 g/mol. The van der Waals surface area contributed by atoms with E-state index in [1.807, 2.05) is 0 Å². The number of hydrogen-bond acceptors (Lipinski definition) is 5. The average molecular weight is 218 g/mol. The van der Waals surface area contributed by atoms with Crippen molar-refractivity contribution in [3.63, 3.8) is 0 Å². The highest BCUT2D eigenvalue weighted by Crippen LogP contribution is 1.76. The molecule has 0 bridgehead atoms. The Morgan fingerprint density at radius 1 is 1.20 bits per heavy atom. The van der Waals surface area contributed by atoms with Gasteiger partial charge in [0.1, 0.15) is 6.61 Å². The van der Waals surface area contributed by atoms with Crippen molar-refractivity contribution >= 4 is 11.9 Å². The molecule has 0 rings (SSSR count). The van der Waals surface area contributed by atoms with Crippen LogP contribution < -0.4 is 0 Å². The molecule has 5 heteroatoms. The predicted molar refractivity (Wildman–Crippen MR) is 55.3 cm³/mol. The molecule has 0 radical (unpaired) electrons. The first-order valence-electron chi connectivity index (χ1n) is 4.56. The van der Waals surface area contributed by atoms with Gasteiger partial charge in [0.15, 0.2) is 0 Å². The molecule has 0 spiro atoms. The van der Waals surface area contributed by atoms with Gasteiger partial charge in [-0.3, -0.25) is 0 Å². The van der Waals surface area contributed by atoms with Crippen molar-refractivity contribution in [3.8, 4) is 0 Å². The van der Waals surface area contributed by atoms with E-state index in [4.69, 9.17) is 0 Å². The second-order valence-corrected chi connectivity index (χ2v) is 2.19. The van der Waals surface area contributed by atoms with Crippen molar-refractivity contribution in [2.45, 2.75) is 13.8 Å². The molecule has 0 fully saturated rings. The number of carbonyl (C=O) groups excluding carboxylic acids is 2. The third kappa shape index (κ3) is 15.4. The predicted octanol–water partition coefficient (Wildman–Crippen LogP) is 0.931. The number of hydrogen-bond donors (Lipinski definition) is 0. The molecule has 0 saturated heterocycles. The van der Waals surface area contributed by atoms with Gasteiger partial charge < -0.3 is 14.2 Å². The van der Waals surface area contributed by atoms with Crippen LogP contribution in [0.15, 0.2) is 12.7 Å². The van der Waals surface area contributed by atoms with Crippen LogP contribution in [0.25, 0.3) is 0 Å². The second kappa shape index (κ2) is 12.6. The zero-order valence-electron chi connectivity index (χ0n) is 9.45. The molecule has 0 aromatic carbocycles. The van der Waals surface area contributed by atoms with Crippen molar-refractivity contribution in [2.24, 2.45) is 0 Å². The van der Waals surface area contributed by atoms with Crippen molar-refractivity contribution in [3.05, 3.63) is 12.7 Å². The summed E-state index contributed by atoms with van der Waals surface area (Å²) in [4.78, 5) is 20.4. The summed E-state index contributed by atoms with van der Waals surface area (Å²) >= 11 is 0. The Morgan fingerprint density at radius 2 is 1.73 bits per heavy atom. The highest BCUT2D eigenvalue weighted by Gasteiger charge is 1.96. The Labute approximate surface area is 90.0 Å². The van der Waals surface area contributed by atoms with Gasteiger partial charge in [0.25, 0.3) is 0 Å². The van der Waals surface area contributed by atoms with Gasteiger partial charge in [-0.2, -0.15) is 0 Å². The lowest BCUT2D eigenvalue weighted by Crippen LogP contribution is -2.10. The quantitative estimate of drug-likeness (QED) is 0.507. The maximum Gasteiger partial charge on any atom is 0.332 e. The van der Waals surface area contributed by atoms with Gasteiger partial charge in [-0.25, -0.2) is 9.59 Å². The van der Waals surface area contributed by atoms with Gasteiger partial charge >= 0.3 is 11.9 Å². The summed E-state index contributed by atoms with van der Waals surface area (Å²) in [5.41, 5.74) is 0. The standard InChI is InChI=1S/C5H10O3.C5H8O2/c1-3-8-5(6)4-7-2;1-3-5(6)7-4-2/h3-4H2,1-2H3;3H,1,4H2,2H3. The fourth-order valence-corrected chi connectivity index (χ4v) is 0.522. The van der Waals surface area contributed by atoms with Crippen LogP contribution in [0.3, 0.4) is 0 Å². The lowest BCUT2D eigenvalue weighted by atomic mass is 10.6. The molecule has 15 heavy (non-hydrogen) atoms. The van der Waals surface area contributed by atoms with E-state index >= 15 is 0 Å². The molecule has 0 aliphatic carbocycles. The van der Waals surface area contributed by atoms with Crippen LogP contribution in [0.4, 0.5) is 0 Å². The molecule has 88 valence electrons. The van der Waals surface area contributed by atoms with Crippen LogP contribution in [-0.4, -0.2) is 38.9 Å². The van der Waals surface area contributed by atoms with Crippen LogP contribution in [0.2, 0.25) is 0 Å². The lowest BCUT2D eigenvalue weighted by molar-refractivity contribution is -0.147. The Bertz CT molecular complexity index is 180. The number of ether oxygens (including phenoxy) is 3. The molecule has 0 N–H and O–H groups in total. The van der Waals surface area contributed by atoms with E-state index < -0.39 is 0 Å². The number of carbonyl (C=O) groups is 2. The monoisotopic (exact) mass is 218 g/mol. The topological polar surface area (TPSA) is 61.8 Å². The van der Waals surface area contributed by atoms with E-state index in [1.54, 1.807) is 13.8 Å². The molecule has 5 nitrogen and oxygen atoms in total. The van der Waals surface area contributed by atoms with Crippen molar-refractivity contribution in [1.82, 2.24) is 0 Å². The largest absolute Gasteiger partial charge is 0.464 e. The van der Waals surface area contributed by atoms with Crippen LogP contribution in [0, 0.1) is 0 Å². The Hall–Kier alpha value is -1.36. The normalized spacial score (nSPS) is 8.20. The highest BCUT2D eigenvalue weighted by molar-refractivity contribution is 5.81. The minimum absolute atomic E-state index is 0.0494. The van der Waals surface area contributed by atoms with Gasteiger partial charge in [-0.15, -0.1) is 0 Å². The Kier molecular flexibility index (Phi) is 13.6. The number of rotatable bonds is 5. The molecule has 0 saturated carbocycles. The maximum absolute atomic E-state index is 10.3. The zero-order chi connectivity index (χ0) is 12.1. The summed E-state index contributed by atoms with van der Waals surface area (Å²) in [5, 5.41) is 0. The molecule has 0 heterocycles. The molecule has 0 aliphatic heterocycles. The van der Waals surface area contributed by atoms with Crippen molar-refractivity contribution in [1.29, 1.82) is 0 Å². The van der Waals surface area contributed by atoms with Gasteiger partial charge in [0.2, 0.25) is 0 Å². The summed E-state index contributed by atoms with van der Waals surface area (Å²) in [6.07, 6.45) is 1.14. The van der Waals surface area contributed by atoms with Gasteiger partial charge in [-0.1, -0.05) is 6.58 Å². The fraction of sp³-hybridized carbons (Fsp3) is 0.600. The van der Waals surface area contributed by atoms with Crippen LogP contribution in [0.1, 0.15) is 13.8 Å². The van der Waals surface area contributed by atoms with Gasteiger partial charge in [-0.05, 0) is 13.8 Å². The smallest absolute Gasteiger partial charge is 0.332 e. The van der Waals surface area contributed by atoms with Crippen molar-refractivity contribution < 1.29 is 23.8 Å². The van der Waals surface area contributed by atoms with E-state index in [2.05, 4.69) is 20.8 Å². The molecule has 0 unspecified atom stereocenters. The van der Waals surface area contributed by atoms with E-state index in [0.29, 0.717) is 13.2 Å². The molecule has 0 atom stereocenters. The summed E-state index contributed by atoms with van der Waals surface area (Å²) in [6.45, 7) is 7.60. The third-order valence-corrected chi connectivity index (χ3v) is 1.02. The number of esters is 2. The molecular formula is C10H18O5. The number of methoxy groups -OCH3 is 1. The van der Waals surface area contributed by atoms with Gasteiger partial charge in [0, 0.05) is 13.2 Å². The average Bonchev–Trinajstić information content (AvgIpc) is 2.20. The first-order valence-corrected chi connectivity index (χ1v) is 4.56. The summed E-state index contributed by atoms with van der Waals surface area (Å²) in [7, 11) is 1.46. The van der Waals surface area contributed by atoms with E-state index in [1.165, 1.54) is 7.11 Å².